The number of fused-ring (bicyclic) bond motifs is 1. The molecular weight excluding hydrogens is 600 g/mol. The van der Waals surface area contributed by atoms with Gasteiger partial charge in [0.15, 0.2) is 0 Å². The molecule has 0 saturated heterocycles. The Bertz CT molecular complexity index is 1630. The van der Waals surface area contributed by atoms with E-state index >= 15 is 0 Å². The van der Waals surface area contributed by atoms with Crippen molar-refractivity contribution in [2.24, 2.45) is 0 Å². The molecule has 10 heteroatoms. The van der Waals surface area contributed by atoms with Crippen LogP contribution in [-0.2, 0) is 24.3 Å². The largest absolute Gasteiger partial charge is 0.465 e. The third kappa shape index (κ3) is 7.17. The Morgan fingerprint density at radius 2 is 1.62 bits per heavy atom. The third-order valence-electron chi connectivity index (χ3n) is 7.11. The Morgan fingerprint density at radius 1 is 1.02 bits per heavy atom. The minimum Gasteiger partial charge on any atom is -0.465 e. The number of hydrogen-bond acceptors (Lipinski definition) is 6. The van der Waals surface area contributed by atoms with Crippen molar-refractivity contribution in [3.05, 3.63) is 104 Å². The quantitative estimate of drug-likeness (QED) is 0.224. The Labute approximate surface area is 253 Å². The molecule has 4 aromatic rings. The molecule has 9 nitrogen and oxygen atoms in total. The Kier molecular flexibility index (Phi) is 9.36. The predicted octanol–water partition coefficient (Wildman–Crippen LogP) is 6.22. The van der Waals surface area contributed by atoms with Gasteiger partial charge < -0.3 is 19.7 Å². The molecule has 0 aliphatic heterocycles. The molecule has 3 aromatic carbocycles. The molecule has 1 heterocycles. The van der Waals surface area contributed by atoms with Crippen LogP contribution in [0, 0.1) is 6.92 Å². The van der Waals surface area contributed by atoms with Crippen LogP contribution >= 0.6 is 15.9 Å². The van der Waals surface area contributed by atoms with E-state index in [2.05, 4.69) is 26.2 Å². The topological polar surface area (TPSA) is 116 Å². The third-order valence-corrected chi connectivity index (χ3v) is 7.72. The summed E-state index contributed by atoms with van der Waals surface area (Å²) in [5.41, 5.74) is 2.23. The van der Waals surface area contributed by atoms with Crippen LogP contribution in [0.1, 0.15) is 43.0 Å². The van der Waals surface area contributed by atoms with E-state index in [1.807, 2.05) is 81.4 Å². The van der Waals surface area contributed by atoms with Gasteiger partial charge in [0.25, 0.3) is 6.01 Å². The molecule has 0 aliphatic carbocycles. The van der Waals surface area contributed by atoms with Gasteiger partial charge >= 0.3 is 11.7 Å². The van der Waals surface area contributed by atoms with E-state index in [9.17, 15) is 19.5 Å². The fourth-order valence-corrected chi connectivity index (χ4v) is 5.36. The zero-order valence-electron chi connectivity index (χ0n) is 24.3. The number of hydrogen-bond donors (Lipinski definition) is 2. The smallest absolute Gasteiger partial charge is 0.408 e. The van der Waals surface area contributed by atoms with E-state index in [1.54, 1.807) is 24.9 Å². The highest BCUT2D eigenvalue weighted by Gasteiger charge is 2.28. The fraction of sp³-hybridized carbons (Fsp3) is 0.312. The lowest BCUT2D eigenvalue weighted by molar-refractivity contribution is -0.131. The summed E-state index contributed by atoms with van der Waals surface area (Å²) < 4.78 is 6.13. The van der Waals surface area contributed by atoms with E-state index in [4.69, 9.17) is 4.42 Å². The van der Waals surface area contributed by atoms with Crippen molar-refractivity contribution in [1.82, 2.24) is 14.8 Å². The van der Waals surface area contributed by atoms with Gasteiger partial charge in [-0.25, -0.2) is 9.59 Å². The summed E-state index contributed by atoms with van der Waals surface area (Å²) in [6.07, 6.45) is -0.715. The predicted molar refractivity (Wildman–Crippen MR) is 167 cm³/mol. The molecule has 0 saturated carbocycles. The maximum Gasteiger partial charge on any atom is 0.408 e. The molecule has 220 valence electrons. The van der Waals surface area contributed by atoms with E-state index in [1.165, 1.54) is 4.90 Å². The average molecular weight is 636 g/mol. The number of benzene rings is 3. The molecule has 0 aliphatic rings. The highest BCUT2D eigenvalue weighted by molar-refractivity contribution is 9.10. The Balaban J connectivity index is 1.68. The number of anilines is 1. The van der Waals surface area contributed by atoms with Crippen molar-refractivity contribution < 1.29 is 19.1 Å². The fourth-order valence-electron chi connectivity index (χ4n) is 4.80. The molecule has 2 N–H and O–H groups in total. The molecule has 0 radical (unpaired) electrons. The number of aryl methyl sites for hydroxylation is 1. The second kappa shape index (κ2) is 12.8. The SMILES string of the molecule is Cc1c(CN(C(=O)O)C(C)(C)C)cc(Br)c2nc(N[C@@H](Cc3ccccc3)C(=O)N(C)Cc3ccccc3)oc(=O)c12. The number of nitrogens with zero attached hydrogens (tertiary/aromatic N) is 3. The summed E-state index contributed by atoms with van der Waals surface area (Å²) in [6.45, 7) is 7.68. The van der Waals surface area contributed by atoms with E-state index in [0.29, 0.717) is 34.1 Å². The van der Waals surface area contributed by atoms with Gasteiger partial charge in [0, 0.05) is 36.6 Å². The summed E-state index contributed by atoms with van der Waals surface area (Å²) >= 11 is 3.52. The first-order valence-electron chi connectivity index (χ1n) is 13.6. The average Bonchev–Trinajstić information content (AvgIpc) is 2.93. The van der Waals surface area contributed by atoms with Crippen molar-refractivity contribution in [3.8, 4) is 0 Å². The van der Waals surface area contributed by atoms with Crippen LogP contribution in [0.15, 0.2) is 80.4 Å². The number of carbonyl (C=O) groups is 2. The van der Waals surface area contributed by atoms with Gasteiger partial charge in [-0.15, -0.1) is 0 Å². The molecule has 0 fully saturated rings. The van der Waals surface area contributed by atoms with Crippen molar-refractivity contribution in [3.63, 3.8) is 0 Å². The van der Waals surface area contributed by atoms with E-state index in [0.717, 1.165) is 11.1 Å². The minimum absolute atomic E-state index is 0.0791. The summed E-state index contributed by atoms with van der Waals surface area (Å²) in [5, 5.41) is 13.1. The van der Waals surface area contributed by atoms with Gasteiger partial charge in [-0.1, -0.05) is 60.7 Å². The van der Waals surface area contributed by atoms with Gasteiger partial charge in [0.1, 0.15) is 6.04 Å². The minimum atomic E-state index is -1.06. The highest BCUT2D eigenvalue weighted by Crippen LogP contribution is 2.30. The molecule has 1 aromatic heterocycles. The number of likely N-dealkylation sites (N-methyl/N-ethyl adjacent to an activating group) is 1. The first-order valence-corrected chi connectivity index (χ1v) is 14.4. The Morgan fingerprint density at radius 3 is 2.19 bits per heavy atom. The molecule has 0 spiro atoms. The van der Waals surface area contributed by atoms with Crippen LogP contribution in [0.5, 0.6) is 0 Å². The van der Waals surface area contributed by atoms with Gasteiger partial charge in [-0.3, -0.25) is 9.69 Å². The number of carbonyl (C=O) groups excluding carboxylic acids is 1. The second-order valence-corrected chi connectivity index (χ2v) is 12.1. The molecule has 0 bridgehead atoms. The lowest BCUT2D eigenvalue weighted by Gasteiger charge is -2.33. The molecule has 2 amide bonds. The molecule has 4 rings (SSSR count). The van der Waals surface area contributed by atoms with Gasteiger partial charge in [0.2, 0.25) is 5.91 Å². The van der Waals surface area contributed by atoms with Crippen molar-refractivity contribution in [2.75, 3.05) is 12.4 Å². The van der Waals surface area contributed by atoms with Crippen LogP contribution < -0.4 is 10.9 Å². The van der Waals surface area contributed by atoms with Gasteiger partial charge in [-0.2, -0.15) is 4.98 Å². The van der Waals surface area contributed by atoms with Crippen LogP contribution in [0.25, 0.3) is 10.9 Å². The zero-order valence-corrected chi connectivity index (χ0v) is 25.9. The van der Waals surface area contributed by atoms with Crippen LogP contribution in [0.2, 0.25) is 0 Å². The second-order valence-electron chi connectivity index (χ2n) is 11.3. The van der Waals surface area contributed by atoms with Crippen molar-refractivity contribution >= 4 is 44.8 Å². The molecule has 42 heavy (non-hydrogen) atoms. The lowest BCUT2D eigenvalue weighted by Crippen LogP contribution is -2.44. The lowest BCUT2D eigenvalue weighted by atomic mass is 10.0. The summed E-state index contributed by atoms with van der Waals surface area (Å²) in [6, 6.07) is 20.2. The van der Waals surface area contributed by atoms with Gasteiger partial charge in [0.05, 0.1) is 10.9 Å². The van der Waals surface area contributed by atoms with E-state index < -0.39 is 23.3 Å². The maximum atomic E-state index is 13.7. The van der Waals surface area contributed by atoms with Crippen LogP contribution in [0.4, 0.5) is 10.8 Å². The van der Waals surface area contributed by atoms with Gasteiger partial charge in [-0.05, 0) is 71.9 Å². The molecule has 0 unspecified atom stereocenters. The molecular formula is C32H35BrN4O5. The first-order chi connectivity index (χ1) is 19.8. The number of nitrogens with one attached hydrogen (secondary N) is 1. The monoisotopic (exact) mass is 634 g/mol. The summed E-state index contributed by atoms with van der Waals surface area (Å²) in [4.78, 5) is 46.5. The number of amides is 2. The number of aromatic nitrogens is 1. The normalized spacial score (nSPS) is 12.1. The van der Waals surface area contributed by atoms with Crippen LogP contribution in [0.3, 0.4) is 0 Å². The number of rotatable bonds is 9. The number of carboxylic acid groups (broad SMARTS) is 1. The number of halogens is 1. The standard InChI is InChI=1S/C32H35BrN4O5/c1-20-23(19-37(31(40)41)32(2,3)4)17-24(33)27-26(20)29(39)42-30(35-27)34-25(16-21-12-8-6-9-13-21)28(38)36(5)18-22-14-10-7-11-15-22/h6-15,17,25H,16,18-19H2,1-5H3,(H,34,35)(H,40,41)/t25-/m0/s1. The highest BCUT2D eigenvalue weighted by atomic mass is 79.9. The first kappa shape index (κ1) is 30.8. The van der Waals surface area contributed by atoms with Crippen molar-refractivity contribution in [2.45, 2.75) is 58.8 Å². The molecule has 1 atom stereocenters. The zero-order chi connectivity index (χ0) is 30.6. The maximum absolute atomic E-state index is 13.7. The Hall–Kier alpha value is -4.18. The summed E-state index contributed by atoms with van der Waals surface area (Å²) in [5.74, 6) is -0.186. The van der Waals surface area contributed by atoms with E-state index in [-0.39, 0.29) is 23.9 Å². The summed E-state index contributed by atoms with van der Waals surface area (Å²) in [7, 11) is 1.73. The van der Waals surface area contributed by atoms with Crippen LogP contribution in [-0.4, -0.2) is 50.5 Å². The van der Waals surface area contributed by atoms with Crippen molar-refractivity contribution in [1.29, 1.82) is 0 Å².